The van der Waals surface area contributed by atoms with Gasteiger partial charge in [-0.05, 0) is 19.8 Å². The molecule has 4 heteroatoms. The number of anilines is 1. The molecule has 0 amide bonds. The summed E-state index contributed by atoms with van der Waals surface area (Å²) in [5.74, 6) is 0.859. The third-order valence-electron chi connectivity index (χ3n) is 2.68. The molecular weight excluding hydrogens is 176 g/mol. The van der Waals surface area contributed by atoms with Crippen LogP contribution < -0.4 is 10.6 Å². The lowest BCUT2D eigenvalue weighted by Gasteiger charge is -2.15. The second-order valence-corrected chi connectivity index (χ2v) is 3.68. The first kappa shape index (κ1) is 9.40. The predicted molar refractivity (Wildman–Crippen MR) is 56.1 cm³/mol. The van der Waals surface area contributed by atoms with Gasteiger partial charge in [-0.1, -0.05) is 0 Å². The van der Waals surface area contributed by atoms with Crippen molar-refractivity contribution < 1.29 is 0 Å². The van der Waals surface area contributed by atoms with Crippen molar-refractivity contribution >= 4 is 5.95 Å². The molecule has 0 atom stereocenters. The molecule has 0 aliphatic carbocycles. The zero-order valence-corrected chi connectivity index (χ0v) is 8.53. The highest BCUT2D eigenvalue weighted by Gasteiger charge is 2.15. The summed E-state index contributed by atoms with van der Waals surface area (Å²) < 4.78 is 0. The molecular formula is C10H16N4. The van der Waals surface area contributed by atoms with Crippen LogP contribution in [0, 0.1) is 6.92 Å². The first-order valence-electron chi connectivity index (χ1n) is 5.09. The third kappa shape index (κ3) is 1.70. The van der Waals surface area contributed by atoms with Crippen LogP contribution in [0.15, 0.2) is 6.20 Å². The monoisotopic (exact) mass is 192 g/mol. The van der Waals surface area contributed by atoms with E-state index in [4.69, 9.17) is 5.73 Å². The summed E-state index contributed by atoms with van der Waals surface area (Å²) in [5.41, 5.74) is 7.60. The number of aryl methyl sites for hydroxylation is 1. The molecule has 0 saturated carbocycles. The van der Waals surface area contributed by atoms with Gasteiger partial charge in [0.05, 0.1) is 0 Å². The summed E-state index contributed by atoms with van der Waals surface area (Å²) in [4.78, 5) is 11.0. The number of hydrogen-bond donors (Lipinski definition) is 1. The second kappa shape index (κ2) is 3.92. The Labute approximate surface area is 84.2 Å². The van der Waals surface area contributed by atoms with Crippen molar-refractivity contribution in [2.75, 3.05) is 18.0 Å². The molecule has 4 nitrogen and oxygen atoms in total. The minimum atomic E-state index is 0.520. The van der Waals surface area contributed by atoms with E-state index in [9.17, 15) is 0 Å². The third-order valence-corrected chi connectivity index (χ3v) is 2.68. The summed E-state index contributed by atoms with van der Waals surface area (Å²) in [7, 11) is 0. The Morgan fingerprint density at radius 3 is 2.71 bits per heavy atom. The van der Waals surface area contributed by atoms with Crippen molar-refractivity contribution in [2.24, 2.45) is 5.73 Å². The van der Waals surface area contributed by atoms with Crippen LogP contribution in [-0.4, -0.2) is 23.1 Å². The predicted octanol–water partition coefficient (Wildman–Crippen LogP) is 0.844. The van der Waals surface area contributed by atoms with E-state index < -0.39 is 0 Å². The van der Waals surface area contributed by atoms with Gasteiger partial charge in [-0.2, -0.15) is 0 Å². The van der Waals surface area contributed by atoms with Crippen LogP contribution in [0.1, 0.15) is 24.1 Å². The topological polar surface area (TPSA) is 55.0 Å². The summed E-state index contributed by atoms with van der Waals surface area (Å²) in [6, 6.07) is 0. The molecule has 76 valence electrons. The molecule has 2 N–H and O–H groups in total. The molecule has 0 unspecified atom stereocenters. The molecule has 0 aromatic carbocycles. The van der Waals surface area contributed by atoms with Crippen LogP contribution in [0.4, 0.5) is 5.95 Å². The highest BCUT2D eigenvalue weighted by molar-refractivity contribution is 5.33. The zero-order valence-electron chi connectivity index (χ0n) is 8.53. The Kier molecular flexibility index (Phi) is 2.63. The van der Waals surface area contributed by atoms with Crippen molar-refractivity contribution in [1.29, 1.82) is 0 Å². The zero-order chi connectivity index (χ0) is 9.97. The van der Waals surface area contributed by atoms with Crippen molar-refractivity contribution in [1.82, 2.24) is 9.97 Å². The molecule has 2 rings (SSSR count). The van der Waals surface area contributed by atoms with Crippen LogP contribution in [0.2, 0.25) is 0 Å². The number of hydrogen-bond acceptors (Lipinski definition) is 4. The molecule has 2 heterocycles. The van der Waals surface area contributed by atoms with E-state index in [0.29, 0.717) is 6.54 Å². The molecule has 0 bridgehead atoms. The minimum Gasteiger partial charge on any atom is -0.341 e. The van der Waals surface area contributed by atoms with E-state index in [0.717, 1.165) is 30.3 Å². The fraction of sp³-hybridized carbons (Fsp3) is 0.600. The number of nitrogens with zero attached hydrogens (tertiary/aromatic N) is 3. The van der Waals surface area contributed by atoms with Gasteiger partial charge in [0.15, 0.2) is 0 Å². The van der Waals surface area contributed by atoms with E-state index in [2.05, 4.69) is 14.9 Å². The van der Waals surface area contributed by atoms with Gasteiger partial charge in [0.25, 0.3) is 0 Å². The van der Waals surface area contributed by atoms with E-state index >= 15 is 0 Å². The van der Waals surface area contributed by atoms with E-state index in [-0.39, 0.29) is 0 Å². The SMILES string of the molecule is Cc1nc(N2CCCC2)ncc1CN. The van der Waals surface area contributed by atoms with Crippen LogP contribution in [-0.2, 0) is 6.54 Å². The largest absolute Gasteiger partial charge is 0.341 e. The summed E-state index contributed by atoms with van der Waals surface area (Å²) in [6.45, 7) is 4.68. The Morgan fingerprint density at radius 2 is 2.14 bits per heavy atom. The lowest BCUT2D eigenvalue weighted by molar-refractivity contribution is 0.870. The Morgan fingerprint density at radius 1 is 1.43 bits per heavy atom. The fourth-order valence-electron chi connectivity index (χ4n) is 1.75. The average molecular weight is 192 g/mol. The summed E-state index contributed by atoms with van der Waals surface area (Å²) >= 11 is 0. The lowest BCUT2D eigenvalue weighted by Crippen LogP contribution is -2.21. The van der Waals surface area contributed by atoms with Gasteiger partial charge >= 0.3 is 0 Å². The lowest BCUT2D eigenvalue weighted by atomic mass is 10.2. The van der Waals surface area contributed by atoms with E-state index in [1.807, 2.05) is 13.1 Å². The normalized spacial score (nSPS) is 16.3. The highest BCUT2D eigenvalue weighted by atomic mass is 15.3. The molecule has 0 spiro atoms. The number of rotatable bonds is 2. The fourth-order valence-corrected chi connectivity index (χ4v) is 1.75. The van der Waals surface area contributed by atoms with E-state index in [1.165, 1.54) is 12.8 Å². The Hall–Kier alpha value is -1.16. The van der Waals surface area contributed by atoms with Crippen LogP contribution >= 0.6 is 0 Å². The Balaban J connectivity index is 2.23. The molecule has 1 fully saturated rings. The molecule has 0 radical (unpaired) electrons. The molecule has 1 saturated heterocycles. The molecule has 1 aliphatic rings. The highest BCUT2D eigenvalue weighted by Crippen LogP contribution is 2.16. The minimum absolute atomic E-state index is 0.520. The number of nitrogens with two attached hydrogens (primary N) is 1. The molecule has 1 aromatic heterocycles. The van der Waals surface area contributed by atoms with Crippen molar-refractivity contribution in [3.63, 3.8) is 0 Å². The van der Waals surface area contributed by atoms with Crippen molar-refractivity contribution in [3.8, 4) is 0 Å². The maximum Gasteiger partial charge on any atom is 0.225 e. The van der Waals surface area contributed by atoms with Crippen LogP contribution in [0.5, 0.6) is 0 Å². The summed E-state index contributed by atoms with van der Waals surface area (Å²) in [6.07, 6.45) is 4.35. The van der Waals surface area contributed by atoms with Crippen molar-refractivity contribution in [3.05, 3.63) is 17.5 Å². The quantitative estimate of drug-likeness (QED) is 0.754. The standard InChI is InChI=1S/C10H16N4/c1-8-9(6-11)7-12-10(13-8)14-4-2-3-5-14/h7H,2-6,11H2,1H3. The maximum atomic E-state index is 5.56. The molecule has 1 aromatic rings. The van der Waals surface area contributed by atoms with Gasteiger partial charge < -0.3 is 10.6 Å². The molecule has 14 heavy (non-hydrogen) atoms. The Bertz CT molecular complexity index is 318. The maximum absolute atomic E-state index is 5.56. The first-order chi connectivity index (χ1) is 6.81. The van der Waals surface area contributed by atoms with Gasteiger partial charge in [-0.25, -0.2) is 9.97 Å². The van der Waals surface area contributed by atoms with Gasteiger partial charge in [0.1, 0.15) is 0 Å². The van der Waals surface area contributed by atoms with Crippen molar-refractivity contribution in [2.45, 2.75) is 26.3 Å². The molecule has 1 aliphatic heterocycles. The van der Waals surface area contributed by atoms with E-state index in [1.54, 1.807) is 0 Å². The first-order valence-corrected chi connectivity index (χ1v) is 5.09. The van der Waals surface area contributed by atoms with Gasteiger partial charge in [-0.15, -0.1) is 0 Å². The second-order valence-electron chi connectivity index (χ2n) is 3.68. The van der Waals surface area contributed by atoms with Gasteiger partial charge in [0.2, 0.25) is 5.95 Å². The van der Waals surface area contributed by atoms with Gasteiger partial charge in [-0.3, -0.25) is 0 Å². The van der Waals surface area contributed by atoms with Gasteiger partial charge in [0, 0.05) is 37.1 Å². The van der Waals surface area contributed by atoms with Crippen LogP contribution in [0.25, 0.3) is 0 Å². The average Bonchev–Trinajstić information content (AvgIpc) is 2.70. The smallest absolute Gasteiger partial charge is 0.225 e. The van der Waals surface area contributed by atoms with Crippen LogP contribution in [0.3, 0.4) is 0 Å². The number of aromatic nitrogens is 2. The summed E-state index contributed by atoms with van der Waals surface area (Å²) in [5, 5.41) is 0.